The molecule has 0 aliphatic carbocycles. The molecule has 2 atom stereocenters. The van der Waals surface area contributed by atoms with Crippen LogP contribution in [0.1, 0.15) is 12.5 Å². The summed E-state index contributed by atoms with van der Waals surface area (Å²) in [6.07, 6.45) is -1.90. The molecule has 0 saturated heterocycles. The molecule has 0 spiro atoms. The third kappa shape index (κ3) is 3.33. The van der Waals surface area contributed by atoms with E-state index in [1.165, 1.54) is 6.92 Å². The van der Waals surface area contributed by atoms with Gasteiger partial charge < -0.3 is 5.11 Å². The average molecular weight is 203 g/mol. The predicted octanol–water partition coefficient (Wildman–Crippen LogP) is 2.60. The van der Waals surface area contributed by atoms with Crippen molar-refractivity contribution in [3.8, 4) is 0 Å². The van der Waals surface area contributed by atoms with E-state index in [2.05, 4.69) is 0 Å². The van der Waals surface area contributed by atoms with E-state index in [0.717, 1.165) is 5.56 Å². The van der Waals surface area contributed by atoms with Gasteiger partial charge in [0.1, 0.15) is 6.17 Å². The van der Waals surface area contributed by atoms with Crippen molar-refractivity contribution < 1.29 is 9.50 Å². The van der Waals surface area contributed by atoms with Crippen molar-refractivity contribution in [3.05, 3.63) is 34.9 Å². The van der Waals surface area contributed by atoms with Crippen LogP contribution < -0.4 is 0 Å². The number of rotatable bonds is 3. The van der Waals surface area contributed by atoms with Crippen molar-refractivity contribution in [1.29, 1.82) is 0 Å². The van der Waals surface area contributed by atoms with Gasteiger partial charge >= 0.3 is 0 Å². The summed E-state index contributed by atoms with van der Waals surface area (Å²) in [6, 6.07) is 6.95. The Morgan fingerprint density at radius 3 is 2.38 bits per heavy atom. The van der Waals surface area contributed by atoms with E-state index in [1.807, 2.05) is 0 Å². The standard InChI is InChI=1S/C10H12ClFO/c1-7(13)10(12)6-8-2-4-9(11)5-3-8/h2-5,7,10,13H,6H2,1H3. The highest BCUT2D eigenvalue weighted by atomic mass is 35.5. The zero-order valence-electron chi connectivity index (χ0n) is 7.37. The van der Waals surface area contributed by atoms with Crippen LogP contribution in [-0.4, -0.2) is 17.4 Å². The zero-order chi connectivity index (χ0) is 9.84. The Morgan fingerprint density at radius 2 is 1.92 bits per heavy atom. The lowest BCUT2D eigenvalue weighted by atomic mass is 10.1. The van der Waals surface area contributed by atoms with Gasteiger partial charge in [-0.2, -0.15) is 0 Å². The van der Waals surface area contributed by atoms with Crippen molar-refractivity contribution in [2.45, 2.75) is 25.6 Å². The van der Waals surface area contributed by atoms with E-state index in [1.54, 1.807) is 24.3 Å². The summed E-state index contributed by atoms with van der Waals surface area (Å²) >= 11 is 5.67. The number of aliphatic hydroxyl groups is 1. The average Bonchev–Trinajstić information content (AvgIpc) is 2.08. The van der Waals surface area contributed by atoms with Crippen molar-refractivity contribution in [1.82, 2.24) is 0 Å². The van der Waals surface area contributed by atoms with E-state index < -0.39 is 12.3 Å². The minimum atomic E-state index is -1.21. The number of hydrogen-bond donors (Lipinski definition) is 1. The lowest BCUT2D eigenvalue weighted by Gasteiger charge is -2.10. The highest BCUT2D eigenvalue weighted by Crippen LogP contribution is 2.13. The Bertz CT molecular complexity index is 258. The van der Waals surface area contributed by atoms with Crippen LogP contribution in [0.3, 0.4) is 0 Å². The third-order valence-electron chi connectivity index (χ3n) is 1.87. The summed E-state index contributed by atoms with van der Waals surface area (Å²) in [7, 11) is 0. The van der Waals surface area contributed by atoms with Gasteiger partial charge in [-0.25, -0.2) is 4.39 Å². The fourth-order valence-corrected chi connectivity index (χ4v) is 1.14. The molecular formula is C10H12ClFO. The summed E-state index contributed by atoms with van der Waals surface area (Å²) in [4.78, 5) is 0. The van der Waals surface area contributed by atoms with Gasteiger partial charge in [-0.15, -0.1) is 0 Å². The second-order valence-corrected chi connectivity index (χ2v) is 3.52. The highest BCUT2D eigenvalue weighted by molar-refractivity contribution is 6.30. The second-order valence-electron chi connectivity index (χ2n) is 3.09. The van der Waals surface area contributed by atoms with Gasteiger partial charge in [0.15, 0.2) is 0 Å². The smallest absolute Gasteiger partial charge is 0.130 e. The van der Waals surface area contributed by atoms with Crippen molar-refractivity contribution >= 4 is 11.6 Å². The molecule has 1 nitrogen and oxygen atoms in total. The molecular weight excluding hydrogens is 191 g/mol. The van der Waals surface area contributed by atoms with E-state index in [0.29, 0.717) is 5.02 Å². The Labute approximate surface area is 82.2 Å². The predicted molar refractivity (Wildman–Crippen MR) is 51.7 cm³/mol. The second kappa shape index (κ2) is 4.58. The van der Waals surface area contributed by atoms with E-state index in [4.69, 9.17) is 16.7 Å². The minimum absolute atomic E-state index is 0.231. The van der Waals surface area contributed by atoms with E-state index in [-0.39, 0.29) is 6.42 Å². The maximum atomic E-state index is 13.0. The van der Waals surface area contributed by atoms with Crippen molar-refractivity contribution in [2.75, 3.05) is 0 Å². The topological polar surface area (TPSA) is 20.2 Å². The lowest BCUT2D eigenvalue weighted by Crippen LogP contribution is -2.20. The fourth-order valence-electron chi connectivity index (χ4n) is 1.02. The summed E-state index contributed by atoms with van der Waals surface area (Å²) in [6.45, 7) is 1.45. The highest BCUT2D eigenvalue weighted by Gasteiger charge is 2.13. The largest absolute Gasteiger partial charge is 0.390 e. The molecule has 0 aromatic heterocycles. The van der Waals surface area contributed by atoms with Gasteiger partial charge in [0.25, 0.3) is 0 Å². The summed E-state index contributed by atoms with van der Waals surface area (Å²) in [5, 5.41) is 9.57. The van der Waals surface area contributed by atoms with E-state index in [9.17, 15) is 4.39 Å². The Kier molecular flexibility index (Phi) is 3.70. The van der Waals surface area contributed by atoms with Gasteiger partial charge in [-0.1, -0.05) is 23.7 Å². The summed E-state index contributed by atoms with van der Waals surface area (Å²) in [5.74, 6) is 0. The first-order chi connectivity index (χ1) is 6.09. The maximum absolute atomic E-state index is 13.0. The molecule has 1 rings (SSSR count). The first-order valence-corrected chi connectivity index (χ1v) is 4.54. The summed E-state index contributed by atoms with van der Waals surface area (Å²) in [5.41, 5.74) is 0.845. The Hall–Kier alpha value is -0.600. The molecule has 3 heteroatoms. The molecule has 0 amide bonds. The quantitative estimate of drug-likeness (QED) is 0.799. The van der Waals surface area contributed by atoms with Crippen LogP contribution in [0.15, 0.2) is 24.3 Å². The van der Waals surface area contributed by atoms with Crippen LogP contribution in [0.2, 0.25) is 5.02 Å². The first-order valence-electron chi connectivity index (χ1n) is 4.16. The van der Waals surface area contributed by atoms with Gasteiger partial charge in [-0.05, 0) is 24.6 Å². The van der Waals surface area contributed by atoms with Crippen LogP contribution in [0.25, 0.3) is 0 Å². The number of benzene rings is 1. The molecule has 0 bridgehead atoms. The number of hydrogen-bond acceptors (Lipinski definition) is 1. The van der Waals surface area contributed by atoms with Gasteiger partial charge in [-0.3, -0.25) is 0 Å². The lowest BCUT2D eigenvalue weighted by molar-refractivity contribution is 0.0932. The molecule has 0 heterocycles. The fraction of sp³-hybridized carbons (Fsp3) is 0.400. The van der Waals surface area contributed by atoms with Crippen LogP contribution in [0, 0.1) is 0 Å². The maximum Gasteiger partial charge on any atom is 0.130 e. The molecule has 72 valence electrons. The zero-order valence-corrected chi connectivity index (χ0v) is 8.13. The molecule has 1 N–H and O–H groups in total. The molecule has 1 aromatic carbocycles. The van der Waals surface area contributed by atoms with Crippen LogP contribution in [0.4, 0.5) is 4.39 Å². The Balaban J connectivity index is 2.59. The SMILES string of the molecule is CC(O)C(F)Cc1ccc(Cl)cc1. The molecule has 0 aliphatic rings. The van der Waals surface area contributed by atoms with Gasteiger partial charge in [0.2, 0.25) is 0 Å². The van der Waals surface area contributed by atoms with Crippen molar-refractivity contribution in [3.63, 3.8) is 0 Å². The summed E-state index contributed by atoms with van der Waals surface area (Å²) < 4.78 is 13.0. The molecule has 1 aromatic rings. The van der Waals surface area contributed by atoms with E-state index >= 15 is 0 Å². The number of alkyl halides is 1. The normalized spacial score (nSPS) is 15.4. The molecule has 0 radical (unpaired) electrons. The third-order valence-corrected chi connectivity index (χ3v) is 2.12. The first kappa shape index (κ1) is 10.5. The molecule has 0 saturated carbocycles. The van der Waals surface area contributed by atoms with Crippen LogP contribution in [0.5, 0.6) is 0 Å². The molecule has 2 unspecified atom stereocenters. The molecule has 13 heavy (non-hydrogen) atoms. The van der Waals surface area contributed by atoms with Crippen molar-refractivity contribution in [2.24, 2.45) is 0 Å². The number of aliphatic hydroxyl groups excluding tert-OH is 1. The molecule has 0 aliphatic heterocycles. The Morgan fingerprint density at radius 1 is 1.38 bits per heavy atom. The van der Waals surface area contributed by atoms with Gasteiger partial charge in [0, 0.05) is 11.4 Å². The van der Waals surface area contributed by atoms with Crippen LogP contribution in [-0.2, 0) is 6.42 Å². The van der Waals surface area contributed by atoms with Gasteiger partial charge in [0.05, 0.1) is 6.10 Å². The van der Waals surface area contributed by atoms with Crippen LogP contribution >= 0.6 is 11.6 Å². The minimum Gasteiger partial charge on any atom is -0.390 e. The molecule has 0 fully saturated rings. The number of halogens is 2. The monoisotopic (exact) mass is 202 g/mol.